The number of halogens is 2. The molecule has 6 heteroatoms. The maximum atomic E-state index is 12.4. The quantitative estimate of drug-likeness (QED) is 0.695. The normalized spacial score (nSPS) is 10.6. The van der Waals surface area contributed by atoms with Crippen molar-refractivity contribution in [3.63, 3.8) is 0 Å². The van der Waals surface area contributed by atoms with Crippen molar-refractivity contribution in [2.75, 3.05) is 5.32 Å². The molecule has 4 nitrogen and oxygen atoms in total. The highest BCUT2D eigenvalue weighted by Gasteiger charge is 2.14. The van der Waals surface area contributed by atoms with Crippen LogP contribution in [0.25, 0.3) is 5.69 Å². The second-order valence-corrected chi connectivity index (χ2v) is 6.29. The van der Waals surface area contributed by atoms with Crippen LogP contribution in [0.2, 0.25) is 5.02 Å². The molecule has 0 aliphatic heterocycles. The van der Waals surface area contributed by atoms with Gasteiger partial charge in [0.25, 0.3) is 5.91 Å². The van der Waals surface area contributed by atoms with Gasteiger partial charge in [0.2, 0.25) is 0 Å². The van der Waals surface area contributed by atoms with Crippen molar-refractivity contribution in [2.24, 2.45) is 0 Å². The largest absolute Gasteiger partial charge is 0.319 e. The van der Waals surface area contributed by atoms with Crippen LogP contribution < -0.4 is 5.32 Å². The Kier molecular flexibility index (Phi) is 4.50. The highest BCUT2D eigenvalue weighted by molar-refractivity contribution is 9.10. The number of hydrogen-bond acceptors (Lipinski definition) is 2. The summed E-state index contributed by atoms with van der Waals surface area (Å²) < 4.78 is 2.60. The van der Waals surface area contributed by atoms with Crippen LogP contribution in [0.5, 0.6) is 0 Å². The van der Waals surface area contributed by atoms with Gasteiger partial charge < -0.3 is 5.32 Å². The Morgan fingerprint density at radius 1 is 1.22 bits per heavy atom. The summed E-state index contributed by atoms with van der Waals surface area (Å²) in [5.74, 6) is -0.266. The Labute approximate surface area is 147 Å². The van der Waals surface area contributed by atoms with Crippen molar-refractivity contribution in [3.05, 3.63) is 75.5 Å². The number of rotatable bonds is 3. The van der Waals surface area contributed by atoms with E-state index in [9.17, 15) is 4.79 Å². The lowest BCUT2D eigenvalue weighted by molar-refractivity contribution is 0.102. The molecular formula is C17H13BrClN3O. The first-order chi connectivity index (χ1) is 11.1. The minimum absolute atomic E-state index is 0.266. The molecule has 2 aromatic carbocycles. The summed E-state index contributed by atoms with van der Waals surface area (Å²) >= 11 is 9.44. The van der Waals surface area contributed by atoms with E-state index < -0.39 is 0 Å². The van der Waals surface area contributed by atoms with Gasteiger partial charge in [-0.1, -0.05) is 45.7 Å². The molecule has 0 spiro atoms. The molecule has 0 saturated heterocycles. The number of carbonyl (C=O) groups is 1. The highest BCUT2D eigenvalue weighted by Crippen LogP contribution is 2.24. The topological polar surface area (TPSA) is 46.9 Å². The van der Waals surface area contributed by atoms with Crippen LogP contribution in [-0.2, 0) is 0 Å². The van der Waals surface area contributed by atoms with Crippen LogP contribution in [0, 0.1) is 6.92 Å². The average Bonchev–Trinajstić information content (AvgIpc) is 2.89. The van der Waals surface area contributed by atoms with E-state index in [1.165, 1.54) is 0 Å². The second-order valence-electron chi connectivity index (χ2n) is 4.97. The standard InChI is InChI=1S/C17H13BrClN3O/c1-11-16(10-20-22(11)13-5-3-2-4-6-13)21-17(23)14-8-7-12(18)9-15(14)19/h2-10H,1H3,(H,21,23). The third kappa shape index (κ3) is 3.30. The predicted molar refractivity (Wildman–Crippen MR) is 95.4 cm³/mol. The first-order valence-electron chi connectivity index (χ1n) is 6.92. The number of hydrogen-bond donors (Lipinski definition) is 1. The molecule has 0 atom stereocenters. The Morgan fingerprint density at radius 2 is 1.96 bits per heavy atom. The fourth-order valence-electron chi connectivity index (χ4n) is 2.23. The highest BCUT2D eigenvalue weighted by atomic mass is 79.9. The van der Waals surface area contributed by atoms with E-state index >= 15 is 0 Å². The smallest absolute Gasteiger partial charge is 0.257 e. The Bertz CT molecular complexity index is 862. The number of aromatic nitrogens is 2. The fourth-order valence-corrected chi connectivity index (χ4v) is 2.98. The summed E-state index contributed by atoms with van der Waals surface area (Å²) in [7, 11) is 0. The summed E-state index contributed by atoms with van der Waals surface area (Å²) in [4.78, 5) is 12.4. The molecule has 0 unspecified atom stereocenters. The SMILES string of the molecule is Cc1c(NC(=O)c2ccc(Br)cc2Cl)cnn1-c1ccccc1. The van der Waals surface area contributed by atoms with Crippen molar-refractivity contribution in [1.82, 2.24) is 9.78 Å². The summed E-state index contributed by atoms with van der Waals surface area (Å²) in [5.41, 5.74) is 2.85. The molecule has 1 aromatic heterocycles. The van der Waals surface area contributed by atoms with E-state index in [0.717, 1.165) is 15.9 Å². The van der Waals surface area contributed by atoms with Crippen LogP contribution in [0.1, 0.15) is 16.1 Å². The van der Waals surface area contributed by atoms with Crippen LogP contribution in [0.15, 0.2) is 59.2 Å². The Balaban J connectivity index is 1.86. The Hall–Kier alpha value is -2.11. The van der Waals surface area contributed by atoms with Gasteiger partial charge in [-0.05, 0) is 37.3 Å². The molecule has 0 radical (unpaired) electrons. The van der Waals surface area contributed by atoms with Gasteiger partial charge in [0.15, 0.2) is 0 Å². The number of nitrogens with zero attached hydrogens (tertiary/aromatic N) is 2. The molecule has 3 rings (SSSR count). The molecule has 1 heterocycles. The van der Waals surface area contributed by atoms with Crippen molar-refractivity contribution in [1.29, 1.82) is 0 Å². The van der Waals surface area contributed by atoms with Crippen molar-refractivity contribution in [3.8, 4) is 5.69 Å². The molecule has 3 aromatic rings. The second kappa shape index (κ2) is 6.56. The first-order valence-corrected chi connectivity index (χ1v) is 8.10. The van der Waals surface area contributed by atoms with Gasteiger partial charge >= 0.3 is 0 Å². The van der Waals surface area contributed by atoms with E-state index in [1.807, 2.05) is 37.3 Å². The molecule has 0 aliphatic carbocycles. The summed E-state index contributed by atoms with van der Waals surface area (Å²) in [6.07, 6.45) is 1.63. The molecule has 0 fully saturated rings. The third-order valence-electron chi connectivity index (χ3n) is 3.43. The van der Waals surface area contributed by atoms with Crippen molar-refractivity contribution >= 4 is 39.1 Å². The summed E-state index contributed by atoms with van der Waals surface area (Å²) in [5, 5.41) is 7.58. The zero-order valence-electron chi connectivity index (χ0n) is 12.3. The Morgan fingerprint density at radius 3 is 2.65 bits per heavy atom. The lowest BCUT2D eigenvalue weighted by atomic mass is 10.2. The van der Waals surface area contributed by atoms with E-state index in [0.29, 0.717) is 16.3 Å². The number of para-hydroxylation sites is 1. The lowest BCUT2D eigenvalue weighted by Crippen LogP contribution is -2.13. The van der Waals surface area contributed by atoms with E-state index in [2.05, 4.69) is 26.3 Å². The van der Waals surface area contributed by atoms with Crippen molar-refractivity contribution < 1.29 is 4.79 Å². The van der Waals surface area contributed by atoms with E-state index in [-0.39, 0.29) is 5.91 Å². The zero-order chi connectivity index (χ0) is 16.4. The first kappa shape index (κ1) is 15.8. The molecule has 116 valence electrons. The summed E-state index contributed by atoms with van der Waals surface area (Å²) in [6.45, 7) is 1.90. The molecule has 0 saturated carbocycles. The molecule has 1 amide bonds. The van der Waals surface area contributed by atoms with Gasteiger partial charge in [-0.2, -0.15) is 5.10 Å². The molecular weight excluding hydrogens is 378 g/mol. The van der Waals surface area contributed by atoms with Gasteiger partial charge in [0.1, 0.15) is 0 Å². The van der Waals surface area contributed by atoms with Crippen LogP contribution in [0.4, 0.5) is 5.69 Å². The number of anilines is 1. The third-order valence-corrected chi connectivity index (χ3v) is 4.24. The van der Waals surface area contributed by atoms with Gasteiger partial charge in [-0.15, -0.1) is 0 Å². The molecule has 0 aliphatic rings. The van der Waals surface area contributed by atoms with Gasteiger partial charge in [-0.3, -0.25) is 4.79 Å². The van der Waals surface area contributed by atoms with Crippen molar-refractivity contribution in [2.45, 2.75) is 6.92 Å². The fraction of sp³-hybridized carbons (Fsp3) is 0.0588. The zero-order valence-corrected chi connectivity index (χ0v) is 14.6. The van der Waals surface area contributed by atoms with Crippen LogP contribution in [0.3, 0.4) is 0 Å². The number of nitrogens with one attached hydrogen (secondary N) is 1. The maximum Gasteiger partial charge on any atom is 0.257 e. The monoisotopic (exact) mass is 389 g/mol. The van der Waals surface area contributed by atoms with Crippen LogP contribution in [-0.4, -0.2) is 15.7 Å². The number of amides is 1. The van der Waals surface area contributed by atoms with Crippen LogP contribution >= 0.6 is 27.5 Å². The van der Waals surface area contributed by atoms with Gasteiger partial charge in [0, 0.05) is 4.47 Å². The van der Waals surface area contributed by atoms with Gasteiger partial charge in [-0.25, -0.2) is 4.68 Å². The number of carbonyl (C=O) groups excluding carboxylic acids is 1. The molecule has 1 N–H and O–H groups in total. The number of benzene rings is 2. The maximum absolute atomic E-state index is 12.4. The minimum atomic E-state index is -0.266. The molecule has 0 bridgehead atoms. The predicted octanol–water partition coefficient (Wildman–Crippen LogP) is 4.85. The van der Waals surface area contributed by atoms with E-state index in [4.69, 9.17) is 11.6 Å². The van der Waals surface area contributed by atoms with Gasteiger partial charge in [0.05, 0.1) is 33.9 Å². The summed E-state index contributed by atoms with van der Waals surface area (Å²) in [6, 6.07) is 14.9. The molecule has 23 heavy (non-hydrogen) atoms. The minimum Gasteiger partial charge on any atom is -0.319 e. The average molecular weight is 391 g/mol. The van der Waals surface area contributed by atoms with E-state index in [1.54, 1.807) is 29.1 Å². The lowest BCUT2D eigenvalue weighted by Gasteiger charge is -2.08.